The van der Waals surface area contributed by atoms with Crippen LogP contribution in [0.3, 0.4) is 0 Å². The molecule has 1 amide bonds. The number of fused-ring (bicyclic) bond motifs is 2. The third-order valence-corrected chi connectivity index (χ3v) is 4.66. The molecule has 1 aromatic rings. The summed E-state index contributed by atoms with van der Waals surface area (Å²) < 4.78 is 77.2. The van der Waals surface area contributed by atoms with Crippen LogP contribution in [-0.2, 0) is 12.4 Å². The van der Waals surface area contributed by atoms with E-state index in [0.29, 0.717) is 25.0 Å². The van der Waals surface area contributed by atoms with Gasteiger partial charge in [0.25, 0.3) is 5.91 Å². The second-order valence-electron chi connectivity index (χ2n) is 6.57. The maximum absolute atomic E-state index is 12.9. The van der Waals surface area contributed by atoms with Crippen molar-refractivity contribution in [1.29, 1.82) is 0 Å². The van der Waals surface area contributed by atoms with Gasteiger partial charge >= 0.3 is 12.4 Å². The van der Waals surface area contributed by atoms with E-state index in [1.807, 2.05) is 0 Å². The van der Waals surface area contributed by atoms with E-state index < -0.39 is 35.0 Å². The summed E-state index contributed by atoms with van der Waals surface area (Å²) >= 11 is 0. The molecule has 0 aliphatic carbocycles. The van der Waals surface area contributed by atoms with Crippen LogP contribution in [0, 0.1) is 0 Å². The summed E-state index contributed by atoms with van der Waals surface area (Å²) in [5.41, 5.74) is -3.61. The molecule has 2 atom stereocenters. The number of alkyl halides is 6. The molecule has 3 nitrogen and oxygen atoms in total. The largest absolute Gasteiger partial charge is 0.416 e. The first-order valence-corrected chi connectivity index (χ1v) is 7.89. The van der Waals surface area contributed by atoms with Crippen molar-refractivity contribution in [3.63, 3.8) is 0 Å². The lowest BCUT2D eigenvalue weighted by molar-refractivity contribution is -0.143. The molecule has 146 valence electrons. The van der Waals surface area contributed by atoms with Gasteiger partial charge in [0.15, 0.2) is 0 Å². The van der Waals surface area contributed by atoms with E-state index in [-0.39, 0.29) is 36.6 Å². The number of halogens is 7. The first kappa shape index (κ1) is 20.8. The predicted octanol–water partition coefficient (Wildman–Crippen LogP) is 4.16. The Balaban J connectivity index is 0.00000243. The van der Waals surface area contributed by atoms with Crippen molar-refractivity contribution in [3.8, 4) is 0 Å². The molecule has 2 bridgehead atoms. The molecule has 0 radical (unpaired) electrons. The minimum atomic E-state index is -4.97. The Kier molecular flexibility index (Phi) is 5.82. The summed E-state index contributed by atoms with van der Waals surface area (Å²) in [6.07, 6.45) is -6.79. The maximum atomic E-state index is 12.9. The Labute approximate surface area is 151 Å². The molecule has 2 saturated heterocycles. The van der Waals surface area contributed by atoms with Crippen molar-refractivity contribution in [3.05, 3.63) is 34.9 Å². The minimum absolute atomic E-state index is 0. The number of rotatable bonds is 2. The highest BCUT2D eigenvalue weighted by Gasteiger charge is 2.38. The molecule has 10 heteroatoms. The molecule has 1 aromatic carbocycles. The number of hydrogen-bond acceptors (Lipinski definition) is 2. The van der Waals surface area contributed by atoms with Gasteiger partial charge in [-0.2, -0.15) is 26.3 Å². The zero-order chi connectivity index (χ0) is 18.4. The summed E-state index contributed by atoms with van der Waals surface area (Å²) in [4.78, 5) is 12.2. The van der Waals surface area contributed by atoms with E-state index in [4.69, 9.17) is 0 Å². The fourth-order valence-corrected chi connectivity index (χ4v) is 3.53. The van der Waals surface area contributed by atoms with Crippen molar-refractivity contribution in [2.45, 2.75) is 56.2 Å². The summed E-state index contributed by atoms with van der Waals surface area (Å²) in [5, 5.41) is 5.92. The number of carbonyl (C=O) groups excluding carboxylic acids is 1. The van der Waals surface area contributed by atoms with E-state index in [9.17, 15) is 31.1 Å². The standard InChI is InChI=1S/C16H16F6N2O.ClH/c17-15(18,19)9-3-8(4-10(5-9)16(20,21)22)14(25)24-13-6-11-1-2-12(7-13)23-11;/h3-5,11-13,23H,1-2,6-7H2,(H,24,25);1H. The molecule has 2 N–H and O–H groups in total. The highest BCUT2D eigenvalue weighted by molar-refractivity contribution is 5.94. The van der Waals surface area contributed by atoms with E-state index in [1.165, 1.54) is 0 Å². The number of hydrogen-bond donors (Lipinski definition) is 2. The zero-order valence-corrected chi connectivity index (χ0v) is 14.2. The summed E-state index contributed by atoms with van der Waals surface area (Å²) in [6, 6.07) is 1.14. The minimum Gasteiger partial charge on any atom is -0.349 e. The van der Waals surface area contributed by atoms with Crippen LogP contribution >= 0.6 is 12.4 Å². The molecule has 0 saturated carbocycles. The lowest BCUT2D eigenvalue weighted by Gasteiger charge is -2.29. The Bertz CT molecular complexity index is 631. The van der Waals surface area contributed by atoms with E-state index in [2.05, 4.69) is 10.6 Å². The fourth-order valence-electron chi connectivity index (χ4n) is 3.53. The third-order valence-electron chi connectivity index (χ3n) is 4.66. The Morgan fingerprint density at radius 3 is 1.81 bits per heavy atom. The first-order valence-electron chi connectivity index (χ1n) is 7.89. The fraction of sp³-hybridized carbons (Fsp3) is 0.562. The lowest BCUT2D eigenvalue weighted by atomic mass is 9.98. The molecule has 2 aliphatic rings. The van der Waals surface area contributed by atoms with Gasteiger partial charge in [0.1, 0.15) is 0 Å². The van der Waals surface area contributed by atoms with Crippen molar-refractivity contribution in [2.75, 3.05) is 0 Å². The van der Waals surface area contributed by atoms with Gasteiger partial charge in [0.2, 0.25) is 0 Å². The zero-order valence-electron chi connectivity index (χ0n) is 13.4. The second-order valence-corrected chi connectivity index (χ2v) is 6.57. The quantitative estimate of drug-likeness (QED) is 0.729. The first-order chi connectivity index (χ1) is 11.5. The summed E-state index contributed by atoms with van der Waals surface area (Å²) in [5.74, 6) is -0.914. The smallest absolute Gasteiger partial charge is 0.349 e. The van der Waals surface area contributed by atoms with Crippen LogP contribution in [0.2, 0.25) is 0 Å². The van der Waals surface area contributed by atoms with Gasteiger partial charge < -0.3 is 10.6 Å². The topological polar surface area (TPSA) is 41.1 Å². The van der Waals surface area contributed by atoms with Crippen LogP contribution < -0.4 is 10.6 Å². The van der Waals surface area contributed by atoms with E-state index in [0.717, 1.165) is 12.8 Å². The van der Waals surface area contributed by atoms with Crippen LogP contribution in [0.5, 0.6) is 0 Å². The third kappa shape index (κ3) is 4.62. The molecular formula is C16H17ClF6N2O. The molecule has 2 unspecified atom stereocenters. The van der Waals surface area contributed by atoms with E-state index in [1.54, 1.807) is 0 Å². The van der Waals surface area contributed by atoms with Gasteiger partial charge in [-0.25, -0.2) is 0 Å². The number of piperidine rings is 1. The monoisotopic (exact) mass is 402 g/mol. The average Bonchev–Trinajstić information content (AvgIpc) is 2.84. The normalized spacial score (nSPS) is 25.5. The van der Waals surface area contributed by atoms with Gasteiger partial charge in [0.05, 0.1) is 11.1 Å². The molecule has 2 aliphatic heterocycles. The van der Waals surface area contributed by atoms with Crippen molar-refractivity contribution >= 4 is 18.3 Å². The van der Waals surface area contributed by atoms with E-state index >= 15 is 0 Å². The van der Waals surface area contributed by atoms with Crippen LogP contribution in [0.4, 0.5) is 26.3 Å². The molecule has 0 spiro atoms. The van der Waals surface area contributed by atoms with Crippen molar-refractivity contribution in [2.24, 2.45) is 0 Å². The Hall–Kier alpha value is -1.48. The van der Waals surface area contributed by atoms with Gasteiger partial charge in [-0.1, -0.05) is 0 Å². The van der Waals surface area contributed by atoms with Crippen molar-refractivity contribution in [1.82, 2.24) is 10.6 Å². The Morgan fingerprint density at radius 2 is 1.38 bits per heavy atom. The van der Waals surface area contributed by atoms with Crippen LogP contribution in [-0.4, -0.2) is 24.0 Å². The highest BCUT2D eigenvalue weighted by Crippen LogP contribution is 2.36. The van der Waals surface area contributed by atoms with Gasteiger partial charge in [-0.3, -0.25) is 4.79 Å². The van der Waals surface area contributed by atoms with Crippen molar-refractivity contribution < 1.29 is 31.1 Å². The van der Waals surface area contributed by atoms with Crippen LogP contribution in [0.1, 0.15) is 47.2 Å². The molecule has 3 rings (SSSR count). The van der Waals surface area contributed by atoms with Gasteiger partial charge in [-0.05, 0) is 43.9 Å². The lowest BCUT2D eigenvalue weighted by Crippen LogP contribution is -2.48. The predicted molar refractivity (Wildman–Crippen MR) is 84.1 cm³/mol. The number of nitrogens with one attached hydrogen (secondary N) is 2. The maximum Gasteiger partial charge on any atom is 0.416 e. The molecule has 0 aromatic heterocycles. The van der Waals surface area contributed by atoms with Crippen LogP contribution in [0.25, 0.3) is 0 Å². The van der Waals surface area contributed by atoms with Gasteiger partial charge in [-0.15, -0.1) is 12.4 Å². The average molecular weight is 403 g/mol. The van der Waals surface area contributed by atoms with Gasteiger partial charge in [0, 0.05) is 23.7 Å². The number of carbonyl (C=O) groups is 1. The number of benzene rings is 1. The van der Waals surface area contributed by atoms with Crippen LogP contribution in [0.15, 0.2) is 18.2 Å². The molecule has 2 fully saturated rings. The molecule has 26 heavy (non-hydrogen) atoms. The molecule has 2 heterocycles. The molecular weight excluding hydrogens is 386 g/mol. The SMILES string of the molecule is Cl.O=C(NC1CC2CCC(C1)N2)c1cc(C(F)(F)F)cc(C(F)(F)F)c1. The number of amides is 1. The Morgan fingerprint density at radius 1 is 0.923 bits per heavy atom. The highest BCUT2D eigenvalue weighted by atomic mass is 35.5. The summed E-state index contributed by atoms with van der Waals surface area (Å²) in [7, 11) is 0. The summed E-state index contributed by atoms with van der Waals surface area (Å²) in [6.45, 7) is 0. The second kappa shape index (κ2) is 7.26.